The number of anilines is 1. The van der Waals surface area contributed by atoms with E-state index in [2.05, 4.69) is 9.88 Å². The Hall–Kier alpha value is -5.05. The smallest absolute Gasteiger partial charge is 0.323 e. The summed E-state index contributed by atoms with van der Waals surface area (Å²) in [6.07, 6.45) is 1.97. The zero-order chi connectivity index (χ0) is 27.8. The van der Waals surface area contributed by atoms with Gasteiger partial charge in [0.1, 0.15) is 23.1 Å². The minimum atomic E-state index is -0.518. The molecule has 0 aliphatic carbocycles. The van der Waals surface area contributed by atoms with E-state index in [9.17, 15) is 9.18 Å². The minimum absolute atomic E-state index is 0.266. The molecule has 0 spiro atoms. The lowest BCUT2D eigenvalue weighted by Crippen LogP contribution is -2.38. The van der Waals surface area contributed by atoms with Crippen LogP contribution >= 0.6 is 0 Å². The fraction of sp³-hybridized carbons (Fsp3) is 0.161. The molecule has 40 heavy (non-hydrogen) atoms. The summed E-state index contributed by atoms with van der Waals surface area (Å²) in [5.74, 6) is 1.59. The number of urea groups is 1. The van der Waals surface area contributed by atoms with Crippen LogP contribution in [0.5, 0.6) is 11.5 Å². The average Bonchev–Trinajstić information content (AvgIpc) is 3.54. The number of carbonyl (C=O) groups is 1. The molecule has 1 N–H and O–H groups in total. The molecule has 202 valence electrons. The van der Waals surface area contributed by atoms with Crippen molar-refractivity contribution < 1.29 is 18.7 Å². The van der Waals surface area contributed by atoms with E-state index in [-0.39, 0.29) is 18.4 Å². The van der Waals surface area contributed by atoms with Gasteiger partial charge in [0.05, 0.1) is 49.6 Å². The molecule has 0 fully saturated rings. The Morgan fingerprint density at radius 1 is 0.975 bits per heavy atom. The summed E-state index contributed by atoms with van der Waals surface area (Å²) in [4.78, 5) is 15.9. The second kappa shape index (κ2) is 10.3. The highest BCUT2D eigenvalue weighted by molar-refractivity contribution is 5.92. The van der Waals surface area contributed by atoms with Crippen LogP contribution in [0.4, 0.5) is 14.9 Å². The number of aryl methyl sites for hydroxylation is 1. The van der Waals surface area contributed by atoms with Crippen molar-refractivity contribution in [2.24, 2.45) is 0 Å². The monoisotopic (exact) mass is 537 g/mol. The number of nitrogens with zero attached hydrogens (tertiary/aromatic N) is 4. The summed E-state index contributed by atoms with van der Waals surface area (Å²) in [7, 11) is 3.11. The maximum atomic E-state index is 14.1. The van der Waals surface area contributed by atoms with E-state index in [0.717, 1.165) is 34.0 Å². The molecule has 6 rings (SSSR count). The minimum Gasteiger partial charge on any atom is -0.497 e. The quantitative estimate of drug-likeness (QED) is 0.287. The Morgan fingerprint density at radius 3 is 2.48 bits per heavy atom. The van der Waals surface area contributed by atoms with Crippen molar-refractivity contribution in [3.63, 3.8) is 0 Å². The maximum absolute atomic E-state index is 14.1. The highest BCUT2D eigenvalue weighted by Gasteiger charge is 2.36. The van der Waals surface area contributed by atoms with E-state index >= 15 is 0 Å². The van der Waals surface area contributed by atoms with Crippen LogP contribution in [0.25, 0.3) is 11.5 Å². The molecule has 3 heterocycles. The summed E-state index contributed by atoms with van der Waals surface area (Å²) in [5.41, 5.74) is 4.74. The van der Waals surface area contributed by atoms with Gasteiger partial charge in [0, 0.05) is 17.8 Å². The molecule has 1 atom stereocenters. The number of rotatable bonds is 5. The lowest BCUT2D eigenvalue weighted by molar-refractivity contribution is 0.194. The Labute approximate surface area is 231 Å². The van der Waals surface area contributed by atoms with E-state index in [1.807, 2.05) is 60.3 Å². The maximum Gasteiger partial charge on any atom is 0.323 e. The Balaban J connectivity index is 1.51. The largest absolute Gasteiger partial charge is 0.497 e. The summed E-state index contributed by atoms with van der Waals surface area (Å²) < 4.78 is 28.8. The molecular weight excluding hydrogens is 509 g/mol. The Kier molecular flexibility index (Phi) is 6.47. The molecule has 1 aliphatic heterocycles. The lowest BCUT2D eigenvalue weighted by Gasteiger charge is -2.31. The van der Waals surface area contributed by atoms with E-state index in [1.165, 1.54) is 19.2 Å². The molecule has 2 amide bonds. The topological polar surface area (TPSA) is 73.5 Å². The van der Waals surface area contributed by atoms with Gasteiger partial charge in [0.25, 0.3) is 0 Å². The first kappa shape index (κ1) is 25.2. The highest BCUT2D eigenvalue weighted by Crippen LogP contribution is 2.39. The van der Waals surface area contributed by atoms with Gasteiger partial charge in [-0.15, -0.1) is 0 Å². The van der Waals surface area contributed by atoms with Crippen LogP contribution in [0.15, 0.2) is 91.1 Å². The summed E-state index contributed by atoms with van der Waals surface area (Å²) in [6.45, 7) is 2.21. The van der Waals surface area contributed by atoms with Gasteiger partial charge in [-0.2, -0.15) is 5.10 Å². The van der Waals surface area contributed by atoms with Gasteiger partial charge >= 0.3 is 6.03 Å². The molecule has 8 nitrogen and oxygen atoms in total. The number of benzene rings is 3. The second-order valence-corrected chi connectivity index (χ2v) is 9.52. The molecule has 1 unspecified atom stereocenters. The van der Waals surface area contributed by atoms with Gasteiger partial charge in [-0.3, -0.25) is 0 Å². The van der Waals surface area contributed by atoms with Crippen LogP contribution in [0, 0.1) is 12.7 Å². The number of amides is 2. The predicted molar refractivity (Wildman–Crippen MR) is 150 cm³/mol. The molecule has 9 heteroatoms. The number of para-hydroxylation sites is 1. The van der Waals surface area contributed by atoms with Gasteiger partial charge < -0.3 is 24.3 Å². The summed E-state index contributed by atoms with van der Waals surface area (Å²) in [5, 5.41) is 7.90. The number of fused-ring (bicyclic) bond motifs is 3. The number of ether oxygens (including phenoxy) is 2. The van der Waals surface area contributed by atoms with Crippen LogP contribution < -0.4 is 14.8 Å². The standard InChI is InChI=1S/C31H28FN5O3/c1-20-25-19-36(31(38)33-26-16-15-24(39-2)18-28(26)40-3)29(21-11-13-22(32)14-12-21)27-10-7-17-35(27)30(25)37(34-20)23-8-5-4-6-9-23/h4-18,29H,19H2,1-3H3,(H,33,38). The predicted octanol–water partition coefficient (Wildman–Crippen LogP) is 6.26. The molecule has 0 saturated heterocycles. The molecule has 2 aromatic heterocycles. The Morgan fingerprint density at radius 2 is 1.75 bits per heavy atom. The number of aromatic nitrogens is 3. The van der Waals surface area contributed by atoms with Crippen molar-refractivity contribution in [1.82, 2.24) is 19.2 Å². The third-order valence-corrected chi connectivity index (χ3v) is 7.18. The van der Waals surface area contributed by atoms with Crippen LogP contribution in [-0.4, -0.2) is 39.5 Å². The first-order chi connectivity index (χ1) is 19.5. The van der Waals surface area contributed by atoms with Crippen LogP contribution in [0.3, 0.4) is 0 Å². The first-order valence-corrected chi connectivity index (χ1v) is 12.8. The number of nitrogens with one attached hydrogen (secondary N) is 1. The number of hydrogen-bond acceptors (Lipinski definition) is 4. The Bertz CT molecular complexity index is 1680. The van der Waals surface area contributed by atoms with E-state index in [0.29, 0.717) is 17.2 Å². The van der Waals surface area contributed by atoms with Crippen molar-refractivity contribution in [2.75, 3.05) is 19.5 Å². The molecule has 3 aromatic carbocycles. The fourth-order valence-electron chi connectivity index (χ4n) is 5.23. The van der Waals surface area contributed by atoms with Crippen molar-refractivity contribution in [3.8, 4) is 23.0 Å². The SMILES string of the molecule is COc1ccc(NC(=O)N2Cc3c(C)nn(-c4ccccc4)c3-n3cccc3C2c2ccc(F)cc2)c(OC)c1. The third-order valence-electron chi connectivity index (χ3n) is 7.18. The van der Waals surface area contributed by atoms with Gasteiger partial charge in [-0.1, -0.05) is 30.3 Å². The highest BCUT2D eigenvalue weighted by atomic mass is 19.1. The van der Waals surface area contributed by atoms with Crippen molar-refractivity contribution in [1.29, 1.82) is 0 Å². The van der Waals surface area contributed by atoms with Crippen molar-refractivity contribution in [2.45, 2.75) is 19.5 Å². The van der Waals surface area contributed by atoms with E-state index in [1.54, 1.807) is 42.3 Å². The molecular formula is C31H28FN5O3. The number of halogens is 1. The summed E-state index contributed by atoms with van der Waals surface area (Å²) >= 11 is 0. The van der Waals surface area contributed by atoms with Gasteiger partial charge in [-0.25, -0.2) is 13.9 Å². The third kappa shape index (κ3) is 4.35. The van der Waals surface area contributed by atoms with Crippen LogP contribution in [0.2, 0.25) is 0 Å². The average molecular weight is 538 g/mol. The number of carbonyl (C=O) groups excluding carboxylic acids is 1. The zero-order valence-corrected chi connectivity index (χ0v) is 22.3. The van der Waals surface area contributed by atoms with E-state index < -0.39 is 6.04 Å². The lowest BCUT2D eigenvalue weighted by atomic mass is 10.0. The van der Waals surface area contributed by atoms with Crippen LogP contribution in [-0.2, 0) is 6.54 Å². The van der Waals surface area contributed by atoms with Gasteiger partial charge in [-0.05, 0) is 61.0 Å². The molecule has 1 aliphatic rings. The fourth-order valence-corrected chi connectivity index (χ4v) is 5.23. The molecule has 0 bridgehead atoms. The van der Waals surface area contributed by atoms with Crippen molar-refractivity contribution in [3.05, 3.63) is 119 Å². The normalized spacial score (nSPS) is 14.2. The van der Waals surface area contributed by atoms with Gasteiger partial charge in [0.2, 0.25) is 0 Å². The number of methoxy groups -OCH3 is 2. The van der Waals surface area contributed by atoms with Crippen LogP contribution in [0.1, 0.15) is 28.6 Å². The first-order valence-electron chi connectivity index (χ1n) is 12.8. The van der Waals surface area contributed by atoms with E-state index in [4.69, 9.17) is 14.6 Å². The molecule has 0 saturated carbocycles. The van der Waals surface area contributed by atoms with Gasteiger partial charge in [0.15, 0.2) is 0 Å². The summed E-state index contributed by atoms with van der Waals surface area (Å²) in [6, 6.07) is 24.5. The number of hydrogen-bond donors (Lipinski definition) is 1. The van der Waals surface area contributed by atoms with Crippen molar-refractivity contribution >= 4 is 11.7 Å². The molecule has 0 radical (unpaired) electrons. The second-order valence-electron chi connectivity index (χ2n) is 9.52. The molecule has 5 aromatic rings. The zero-order valence-electron chi connectivity index (χ0n) is 22.3.